The number of carbonyl (C=O) groups is 1. The molecule has 0 N–H and O–H groups in total. The standard InChI is InChI=1S/C18H28N2O4/c1-4-13-20(14-5-2)17-11-9-16(10-12-17)7-6-8-18(21)23-15(3)24-19-22/h9-12,15H,4-8,13-14H2,1-3H3. The molecule has 1 atom stereocenters. The molecule has 0 fully saturated rings. The molecule has 0 heterocycles. The van der Waals surface area contributed by atoms with Gasteiger partial charge in [0.1, 0.15) is 0 Å². The number of benzene rings is 1. The third-order valence-electron chi connectivity index (χ3n) is 3.62. The number of esters is 1. The van der Waals surface area contributed by atoms with E-state index in [4.69, 9.17) is 4.74 Å². The van der Waals surface area contributed by atoms with E-state index in [-0.39, 0.29) is 12.4 Å². The molecule has 6 nitrogen and oxygen atoms in total. The molecule has 134 valence electrons. The van der Waals surface area contributed by atoms with Gasteiger partial charge < -0.3 is 14.5 Å². The molecule has 0 radical (unpaired) electrons. The first-order valence-electron chi connectivity index (χ1n) is 8.62. The molecule has 0 spiro atoms. The molecule has 0 saturated heterocycles. The number of aryl methyl sites for hydroxylation is 1. The van der Waals surface area contributed by atoms with Crippen molar-refractivity contribution < 1.29 is 14.4 Å². The van der Waals surface area contributed by atoms with Crippen molar-refractivity contribution in [2.75, 3.05) is 18.0 Å². The Morgan fingerprint density at radius 2 is 1.79 bits per heavy atom. The van der Waals surface area contributed by atoms with Crippen LogP contribution < -0.4 is 4.90 Å². The van der Waals surface area contributed by atoms with Crippen LogP contribution in [0.1, 0.15) is 52.0 Å². The first-order chi connectivity index (χ1) is 11.6. The van der Waals surface area contributed by atoms with E-state index in [0.29, 0.717) is 6.42 Å². The maximum atomic E-state index is 11.6. The highest BCUT2D eigenvalue weighted by molar-refractivity contribution is 5.69. The van der Waals surface area contributed by atoms with Gasteiger partial charge in [0.25, 0.3) is 6.29 Å². The summed E-state index contributed by atoms with van der Waals surface area (Å²) in [6.07, 6.45) is 3.10. The summed E-state index contributed by atoms with van der Waals surface area (Å²) < 4.78 is 4.87. The van der Waals surface area contributed by atoms with Crippen molar-refractivity contribution in [3.8, 4) is 0 Å². The normalized spacial score (nSPS) is 11.6. The van der Waals surface area contributed by atoms with Gasteiger partial charge in [-0.15, -0.1) is 4.91 Å². The molecule has 0 aliphatic carbocycles. The first kappa shape index (κ1) is 19.9. The van der Waals surface area contributed by atoms with Crippen LogP contribution in [0.25, 0.3) is 0 Å². The average Bonchev–Trinajstić information content (AvgIpc) is 2.55. The summed E-state index contributed by atoms with van der Waals surface area (Å²) in [5.74, 6) is -0.389. The van der Waals surface area contributed by atoms with Gasteiger partial charge in [-0.3, -0.25) is 4.79 Å². The Hall–Kier alpha value is -2.11. The third-order valence-corrected chi connectivity index (χ3v) is 3.62. The fourth-order valence-electron chi connectivity index (χ4n) is 2.55. The fourth-order valence-corrected chi connectivity index (χ4v) is 2.55. The van der Waals surface area contributed by atoms with E-state index in [1.807, 2.05) is 0 Å². The van der Waals surface area contributed by atoms with Gasteiger partial charge in [-0.05, 0) is 43.4 Å². The van der Waals surface area contributed by atoms with E-state index in [1.54, 1.807) is 0 Å². The first-order valence-corrected chi connectivity index (χ1v) is 8.62. The van der Waals surface area contributed by atoms with Gasteiger partial charge in [0.05, 0.1) is 0 Å². The highest BCUT2D eigenvalue weighted by atomic mass is 16.8. The zero-order chi connectivity index (χ0) is 17.8. The Morgan fingerprint density at radius 1 is 1.17 bits per heavy atom. The van der Waals surface area contributed by atoms with Crippen LogP contribution in [0.4, 0.5) is 5.69 Å². The number of hydrogen-bond donors (Lipinski definition) is 0. The maximum absolute atomic E-state index is 11.6. The highest BCUT2D eigenvalue weighted by Crippen LogP contribution is 2.17. The van der Waals surface area contributed by atoms with Crippen molar-refractivity contribution in [1.29, 1.82) is 0 Å². The van der Waals surface area contributed by atoms with Crippen LogP contribution in [0.5, 0.6) is 0 Å². The van der Waals surface area contributed by atoms with Crippen LogP contribution in [-0.4, -0.2) is 25.3 Å². The molecular formula is C18H28N2O4. The molecule has 0 amide bonds. The molecule has 0 saturated carbocycles. The summed E-state index contributed by atoms with van der Waals surface area (Å²) in [7, 11) is 0. The quantitative estimate of drug-likeness (QED) is 0.247. The fraction of sp³-hybridized carbons (Fsp3) is 0.611. The molecular weight excluding hydrogens is 308 g/mol. The van der Waals surface area contributed by atoms with Gasteiger partial charge in [-0.25, -0.2) is 0 Å². The Morgan fingerprint density at radius 3 is 2.33 bits per heavy atom. The van der Waals surface area contributed by atoms with Crippen LogP contribution in [0.15, 0.2) is 29.6 Å². The smallest absolute Gasteiger partial charge is 0.308 e. The minimum absolute atomic E-state index is 0.284. The van der Waals surface area contributed by atoms with E-state index in [1.165, 1.54) is 18.2 Å². The summed E-state index contributed by atoms with van der Waals surface area (Å²) in [6.45, 7) is 7.96. The van der Waals surface area contributed by atoms with Gasteiger partial charge in [0, 0.05) is 32.1 Å². The Bertz CT molecular complexity index is 484. The lowest BCUT2D eigenvalue weighted by Crippen LogP contribution is -2.24. The maximum Gasteiger partial charge on any atom is 0.308 e. The zero-order valence-corrected chi connectivity index (χ0v) is 14.9. The molecule has 6 heteroatoms. The van der Waals surface area contributed by atoms with Crippen molar-refractivity contribution in [2.24, 2.45) is 5.34 Å². The molecule has 1 unspecified atom stereocenters. The number of rotatable bonds is 12. The highest BCUT2D eigenvalue weighted by Gasteiger charge is 2.10. The lowest BCUT2D eigenvalue weighted by molar-refractivity contribution is -0.175. The van der Waals surface area contributed by atoms with Crippen molar-refractivity contribution >= 4 is 11.7 Å². The van der Waals surface area contributed by atoms with Crippen LogP contribution >= 0.6 is 0 Å². The predicted molar refractivity (Wildman–Crippen MR) is 94.6 cm³/mol. The molecule has 24 heavy (non-hydrogen) atoms. The second-order valence-corrected chi connectivity index (χ2v) is 5.74. The van der Waals surface area contributed by atoms with E-state index < -0.39 is 6.29 Å². The number of nitrogens with zero attached hydrogens (tertiary/aromatic N) is 2. The van der Waals surface area contributed by atoms with Gasteiger partial charge in [0.15, 0.2) is 5.34 Å². The van der Waals surface area contributed by atoms with Gasteiger partial charge in [-0.1, -0.05) is 26.0 Å². The SMILES string of the molecule is CCCN(CCC)c1ccc(CCCC(=O)OC(C)ON=O)cc1. The van der Waals surface area contributed by atoms with Gasteiger partial charge in [0.2, 0.25) is 0 Å². The predicted octanol–water partition coefficient (Wildman–Crippen LogP) is 4.22. The summed E-state index contributed by atoms with van der Waals surface area (Å²) in [6, 6.07) is 8.51. The summed E-state index contributed by atoms with van der Waals surface area (Å²) in [5.41, 5.74) is 2.44. The minimum atomic E-state index is -0.933. The average molecular weight is 336 g/mol. The number of ether oxygens (including phenoxy) is 1. The van der Waals surface area contributed by atoms with E-state index in [2.05, 4.69) is 53.2 Å². The molecule has 1 aromatic carbocycles. The lowest BCUT2D eigenvalue weighted by Gasteiger charge is -2.24. The number of hydrogen-bond acceptors (Lipinski definition) is 6. The van der Waals surface area contributed by atoms with Crippen molar-refractivity contribution in [2.45, 2.75) is 59.2 Å². The second-order valence-electron chi connectivity index (χ2n) is 5.74. The lowest BCUT2D eigenvalue weighted by atomic mass is 10.1. The van der Waals surface area contributed by atoms with Crippen LogP contribution in [0, 0.1) is 4.91 Å². The molecule has 0 aliphatic heterocycles. The van der Waals surface area contributed by atoms with Crippen LogP contribution in [0.2, 0.25) is 0 Å². The van der Waals surface area contributed by atoms with E-state index >= 15 is 0 Å². The zero-order valence-electron chi connectivity index (χ0n) is 14.9. The second kappa shape index (κ2) is 11.4. The molecule has 1 rings (SSSR count). The van der Waals surface area contributed by atoms with Crippen molar-refractivity contribution in [3.05, 3.63) is 34.7 Å². The van der Waals surface area contributed by atoms with Crippen LogP contribution in [-0.2, 0) is 20.8 Å². The van der Waals surface area contributed by atoms with Gasteiger partial charge >= 0.3 is 5.97 Å². The largest absolute Gasteiger partial charge is 0.423 e. The molecule has 0 bridgehead atoms. The topological polar surface area (TPSA) is 68.2 Å². The van der Waals surface area contributed by atoms with Crippen molar-refractivity contribution in [1.82, 2.24) is 0 Å². The molecule has 1 aromatic rings. The molecule has 0 aliphatic rings. The van der Waals surface area contributed by atoms with E-state index in [9.17, 15) is 9.70 Å². The summed E-state index contributed by atoms with van der Waals surface area (Å²) in [4.78, 5) is 28.1. The summed E-state index contributed by atoms with van der Waals surface area (Å²) >= 11 is 0. The summed E-state index contributed by atoms with van der Waals surface area (Å²) in [5, 5.41) is 2.23. The Kier molecular flexibility index (Phi) is 9.49. The molecule has 0 aromatic heterocycles. The van der Waals surface area contributed by atoms with Crippen molar-refractivity contribution in [3.63, 3.8) is 0 Å². The van der Waals surface area contributed by atoms with Gasteiger partial charge in [-0.2, -0.15) is 0 Å². The minimum Gasteiger partial charge on any atom is -0.423 e. The Balaban J connectivity index is 2.41. The Labute approximate surface area is 144 Å². The number of carbonyl (C=O) groups excluding carboxylic acids is 1. The third kappa shape index (κ3) is 7.44. The van der Waals surface area contributed by atoms with E-state index in [0.717, 1.165) is 32.4 Å². The van der Waals surface area contributed by atoms with Crippen LogP contribution in [0.3, 0.4) is 0 Å². The monoisotopic (exact) mass is 336 g/mol. The number of anilines is 1.